The average Bonchev–Trinajstić information content (AvgIpc) is 2.72. The number of anilines is 1. The van der Waals surface area contributed by atoms with E-state index in [2.05, 4.69) is 38.5 Å². The molecule has 6 heteroatoms. The van der Waals surface area contributed by atoms with E-state index in [1.807, 2.05) is 0 Å². The highest BCUT2D eigenvalue weighted by Gasteiger charge is 2.01. The van der Waals surface area contributed by atoms with Crippen molar-refractivity contribution in [3.63, 3.8) is 0 Å². The van der Waals surface area contributed by atoms with E-state index in [9.17, 15) is 0 Å². The van der Waals surface area contributed by atoms with Crippen LogP contribution in [0.5, 0.6) is 0 Å². The van der Waals surface area contributed by atoms with Crippen molar-refractivity contribution >= 4 is 28.0 Å². The lowest BCUT2D eigenvalue weighted by Crippen LogP contribution is -1.97. The molecule has 4 nitrogen and oxygen atoms in total. The molecule has 0 atom stereocenters. The van der Waals surface area contributed by atoms with E-state index < -0.39 is 0 Å². The molecule has 0 saturated carbocycles. The minimum Gasteiger partial charge on any atom is -0.354 e. The molecule has 0 unspecified atom stereocenters. The van der Waals surface area contributed by atoms with E-state index in [0.717, 1.165) is 11.7 Å². The van der Waals surface area contributed by atoms with Crippen molar-refractivity contribution in [3.05, 3.63) is 21.9 Å². The summed E-state index contributed by atoms with van der Waals surface area (Å²) in [6.07, 6.45) is 0. The van der Waals surface area contributed by atoms with Crippen molar-refractivity contribution in [2.24, 2.45) is 0 Å². The first-order valence-corrected chi connectivity index (χ1v) is 5.43. The third-order valence-corrected chi connectivity index (χ3v) is 3.24. The standard InChI is InChI=1S/C7H8N4S2/c1-5-2-3-12-6(5)4-8-7-9-10-11-13-7/h2-3H,4H2,1H3,(H,8,9,11). The van der Waals surface area contributed by atoms with Crippen LogP contribution in [0.1, 0.15) is 10.4 Å². The summed E-state index contributed by atoms with van der Waals surface area (Å²) in [5.74, 6) is 0. The summed E-state index contributed by atoms with van der Waals surface area (Å²) in [5.41, 5.74) is 1.31. The van der Waals surface area contributed by atoms with Gasteiger partial charge in [0.25, 0.3) is 0 Å². The van der Waals surface area contributed by atoms with Crippen molar-refractivity contribution < 1.29 is 0 Å². The predicted octanol–water partition coefficient (Wildman–Crippen LogP) is 1.92. The number of hydrogen-bond donors (Lipinski definition) is 1. The molecule has 2 aromatic rings. The third kappa shape index (κ3) is 2.02. The van der Waals surface area contributed by atoms with Crippen LogP contribution in [0.3, 0.4) is 0 Å². The maximum absolute atomic E-state index is 3.80. The number of aromatic nitrogens is 3. The lowest BCUT2D eigenvalue weighted by molar-refractivity contribution is 0.951. The van der Waals surface area contributed by atoms with Gasteiger partial charge in [-0.05, 0) is 29.1 Å². The zero-order valence-electron chi connectivity index (χ0n) is 7.02. The Morgan fingerprint density at radius 2 is 2.46 bits per heavy atom. The van der Waals surface area contributed by atoms with Gasteiger partial charge in [0.05, 0.1) is 6.54 Å². The summed E-state index contributed by atoms with van der Waals surface area (Å²) < 4.78 is 3.67. The van der Waals surface area contributed by atoms with Crippen LogP contribution in [-0.4, -0.2) is 14.8 Å². The molecule has 0 amide bonds. The third-order valence-electron chi connectivity index (χ3n) is 1.67. The largest absolute Gasteiger partial charge is 0.354 e. The Balaban J connectivity index is 1.97. The molecule has 2 rings (SSSR count). The lowest BCUT2D eigenvalue weighted by atomic mass is 10.3. The second-order valence-electron chi connectivity index (χ2n) is 2.55. The summed E-state index contributed by atoms with van der Waals surface area (Å²) in [5, 5.41) is 13.3. The predicted molar refractivity (Wildman–Crippen MR) is 54.1 cm³/mol. The van der Waals surface area contributed by atoms with Crippen LogP contribution < -0.4 is 5.32 Å². The second kappa shape index (κ2) is 3.80. The summed E-state index contributed by atoms with van der Waals surface area (Å²) in [4.78, 5) is 1.33. The SMILES string of the molecule is Cc1ccsc1CNc1nnns1. The van der Waals surface area contributed by atoms with Gasteiger partial charge < -0.3 is 5.32 Å². The highest BCUT2D eigenvalue weighted by atomic mass is 32.1. The van der Waals surface area contributed by atoms with E-state index >= 15 is 0 Å². The molecule has 0 aliphatic rings. The van der Waals surface area contributed by atoms with Gasteiger partial charge in [-0.1, -0.05) is 9.59 Å². The van der Waals surface area contributed by atoms with E-state index in [0.29, 0.717) is 0 Å². The molecule has 68 valence electrons. The molecule has 0 aromatic carbocycles. The van der Waals surface area contributed by atoms with Crippen molar-refractivity contribution in [3.8, 4) is 0 Å². The monoisotopic (exact) mass is 212 g/mol. The summed E-state index contributed by atoms with van der Waals surface area (Å²) in [6.45, 7) is 2.91. The summed E-state index contributed by atoms with van der Waals surface area (Å²) in [7, 11) is 0. The van der Waals surface area contributed by atoms with Crippen LogP contribution in [0.25, 0.3) is 0 Å². The van der Waals surface area contributed by atoms with Crippen LogP contribution in [0.2, 0.25) is 0 Å². The quantitative estimate of drug-likeness (QED) is 0.844. The highest BCUT2D eigenvalue weighted by molar-refractivity contribution is 7.10. The Morgan fingerprint density at radius 1 is 1.54 bits per heavy atom. The number of aryl methyl sites for hydroxylation is 1. The first kappa shape index (κ1) is 8.58. The topological polar surface area (TPSA) is 50.7 Å². The lowest BCUT2D eigenvalue weighted by Gasteiger charge is -1.99. The van der Waals surface area contributed by atoms with Gasteiger partial charge in [-0.3, -0.25) is 0 Å². The molecule has 2 heterocycles. The molecular weight excluding hydrogens is 204 g/mol. The molecule has 0 radical (unpaired) electrons. The summed E-state index contributed by atoms with van der Waals surface area (Å²) >= 11 is 3.02. The molecule has 0 aliphatic heterocycles. The van der Waals surface area contributed by atoms with Crippen LogP contribution in [0.4, 0.5) is 5.13 Å². The fourth-order valence-corrected chi connectivity index (χ4v) is 2.15. The van der Waals surface area contributed by atoms with Gasteiger partial charge in [-0.2, -0.15) is 0 Å². The average molecular weight is 212 g/mol. The Kier molecular flexibility index (Phi) is 2.51. The maximum atomic E-state index is 3.80. The zero-order valence-corrected chi connectivity index (χ0v) is 8.65. The normalized spacial score (nSPS) is 10.2. The number of rotatable bonds is 3. The van der Waals surface area contributed by atoms with Gasteiger partial charge in [0.1, 0.15) is 0 Å². The highest BCUT2D eigenvalue weighted by Crippen LogP contribution is 2.17. The van der Waals surface area contributed by atoms with Crippen LogP contribution >= 0.6 is 22.9 Å². The van der Waals surface area contributed by atoms with E-state index in [1.54, 1.807) is 11.3 Å². The molecule has 2 aromatic heterocycles. The Bertz CT molecular complexity index is 368. The number of nitrogens with zero attached hydrogens (tertiary/aromatic N) is 3. The molecular formula is C7H8N4S2. The van der Waals surface area contributed by atoms with Gasteiger partial charge in [0.2, 0.25) is 5.13 Å². The van der Waals surface area contributed by atoms with Crippen molar-refractivity contribution in [1.29, 1.82) is 0 Å². The van der Waals surface area contributed by atoms with Crippen LogP contribution in [-0.2, 0) is 6.54 Å². The zero-order chi connectivity index (χ0) is 9.10. The Hall–Kier alpha value is -1.01. The van der Waals surface area contributed by atoms with E-state index in [1.165, 1.54) is 22.0 Å². The van der Waals surface area contributed by atoms with Gasteiger partial charge in [-0.15, -0.1) is 11.3 Å². The Morgan fingerprint density at radius 3 is 3.08 bits per heavy atom. The molecule has 0 spiro atoms. The van der Waals surface area contributed by atoms with Crippen molar-refractivity contribution in [1.82, 2.24) is 14.8 Å². The van der Waals surface area contributed by atoms with Gasteiger partial charge in [0.15, 0.2) is 0 Å². The van der Waals surface area contributed by atoms with E-state index in [4.69, 9.17) is 0 Å². The Labute approximate surface area is 83.8 Å². The minimum absolute atomic E-state index is 0.771. The maximum Gasteiger partial charge on any atom is 0.225 e. The fourth-order valence-electron chi connectivity index (χ4n) is 0.943. The smallest absolute Gasteiger partial charge is 0.225 e. The van der Waals surface area contributed by atoms with Crippen LogP contribution in [0, 0.1) is 6.92 Å². The van der Waals surface area contributed by atoms with Crippen molar-refractivity contribution in [2.75, 3.05) is 5.32 Å². The molecule has 0 bridgehead atoms. The first-order chi connectivity index (χ1) is 6.36. The first-order valence-electron chi connectivity index (χ1n) is 3.78. The summed E-state index contributed by atoms with van der Waals surface area (Å²) in [6, 6.07) is 2.11. The number of thiophene rings is 1. The molecule has 1 N–H and O–H groups in total. The van der Waals surface area contributed by atoms with Gasteiger partial charge >= 0.3 is 0 Å². The number of nitrogens with one attached hydrogen (secondary N) is 1. The molecule has 0 fully saturated rings. The van der Waals surface area contributed by atoms with Gasteiger partial charge in [-0.25, -0.2) is 0 Å². The van der Waals surface area contributed by atoms with Gasteiger partial charge in [0, 0.05) is 16.4 Å². The minimum atomic E-state index is 0.771. The molecule has 0 aliphatic carbocycles. The van der Waals surface area contributed by atoms with E-state index in [-0.39, 0.29) is 0 Å². The van der Waals surface area contributed by atoms with Crippen LogP contribution in [0.15, 0.2) is 11.4 Å². The fraction of sp³-hybridized carbons (Fsp3) is 0.286. The molecule has 0 saturated heterocycles. The van der Waals surface area contributed by atoms with Crippen molar-refractivity contribution in [2.45, 2.75) is 13.5 Å². The number of hydrogen-bond acceptors (Lipinski definition) is 6. The second-order valence-corrected chi connectivity index (χ2v) is 4.28. The molecule has 13 heavy (non-hydrogen) atoms.